The molecule has 1 amide bonds. The van der Waals surface area contributed by atoms with Crippen molar-refractivity contribution in [2.24, 2.45) is 0 Å². The number of rotatable bonds is 7. The van der Waals surface area contributed by atoms with Crippen molar-refractivity contribution < 1.29 is 23.7 Å². The highest BCUT2D eigenvalue weighted by Gasteiger charge is 2.13. The number of carbonyl (C=O) groups excluding carboxylic acids is 1. The zero-order chi connectivity index (χ0) is 21.6. The van der Waals surface area contributed by atoms with E-state index in [0.29, 0.717) is 42.0 Å². The van der Waals surface area contributed by atoms with E-state index < -0.39 is 0 Å². The average molecular weight is 439 g/mol. The second-order valence-corrected chi connectivity index (χ2v) is 7.83. The molecule has 2 aromatic carbocycles. The number of methoxy groups -OCH3 is 1. The van der Waals surface area contributed by atoms with E-state index in [1.165, 1.54) is 11.8 Å². The molecule has 0 saturated heterocycles. The van der Waals surface area contributed by atoms with E-state index in [2.05, 4.69) is 10.3 Å². The summed E-state index contributed by atoms with van der Waals surface area (Å²) >= 11 is 1.42. The number of hydrogen-bond donors (Lipinski definition) is 1. The van der Waals surface area contributed by atoms with Crippen LogP contribution in [-0.4, -0.2) is 37.0 Å². The summed E-state index contributed by atoms with van der Waals surface area (Å²) in [5, 5.41) is 2.84. The second kappa shape index (κ2) is 9.61. The molecule has 0 fully saturated rings. The summed E-state index contributed by atoms with van der Waals surface area (Å²) in [5.74, 6) is 3.20. The van der Waals surface area contributed by atoms with E-state index >= 15 is 0 Å². The standard InChI is InChI=1S/C23H22N2O5S/c1-15-3-6-19(20(11-15)27-2)30-23-8-4-16(13-24-23)25-22(26)14-31-17-5-7-18-21(12-17)29-10-9-28-18/h3-8,11-13H,9-10,14H2,1-2H3,(H,25,26). The minimum Gasteiger partial charge on any atom is -0.493 e. The van der Waals surface area contributed by atoms with Crippen molar-refractivity contribution >= 4 is 23.4 Å². The highest BCUT2D eigenvalue weighted by atomic mass is 32.2. The first-order valence-corrected chi connectivity index (χ1v) is 10.7. The smallest absolute Gasteiger partial charge is 0.234 e. The lowest BCUT2D eigenvalue weighted by atomic mass is 10.2. The van der Waals surface area contributed by atoms with Crippen LogP contribution in [0.3, 0.4) is 0 Å². The van der Waals surface area contributed by atoms with Crippen molar-refractivity contribution in [3.63, 3.8) is 0 Å². The Balaban J connectivity index is 1.31. The van der Waals surface area contributed by atoms with Crippen molar-refractivity contribution in [2.75, 3.05) is 31.4 Å². The van der Waals surface area contributed by atoms with E-state index in [4.69, 9.17) is 18.9 Å². The van der Waals surface area contributed by atoms with Crippen LogP contribution in [0.15, 0.2) is 59.6 Å². The topological polar surface area (TPSA) is 78.9 Å². The molecule has 0 aliphatic carbocycles. The number of nitrogens with one attached hydrogen (secondary N) is 1. The molecular formula is C23H22N2O5S. The van der Waals surface area contributed by atoms with Crippen LogP contribution in [0.5, 0.6) is 28.9 Å². The van der Waals surface area contributed by atoms with Gasteiger partial charge in [0.1, 0.15) is 13.2 Å². The van der Waals surface area contributed by atoms with Crippen LogP contribution in [0.1, 0.15) is 5.56 Å². The van der Waals surface area contributed by atoms with Gasteiger partial charge in [0.15, 0.2) is 23.0 Å². The van der Waals surface area contributed by atoms with Crippen LogP contribution in [0, 0.1) is 6.92 Å². The number of ether oxygens (including phenoxy) is 4. The highest BCUT2D eigenvalue weighted by molar-refractivity contribution is 8.00. The monoisotopic (exact) mass is 438 g/mol. The highest BCUT2D eigenvalue weighted by Crippen LogP contribution is 2.34. The number of nitrogens with zero attached hydrogens (tertiary/aromatic N) is 1. The van der Waals surface area contributed by atoms with Crippen molar-refractivity contribution in [3.05, 3.63) is 60.3 Å². The van der Waals surface area contributed by atoms with E-state index in [1.807, 2.05) is 43.3 Å². The molecular weight excluding hydrogens is 416 g/mol. The molecule has 1 aromatic heterocycles. The lowest BCUT2D eigenvalue weighted by Gasteiger charge is -2.18. The number of hydrogen-bond acceptors (Lipinski definition) is 7. The van der Waals surface area contributed by atoms with Crippen LogP contribution in [0.4, 0.5) is 5.69 Å². The van der Waals surface area contributed by atoms with Gasteiger partial charge in [-0.05, 0) is 48.9 Å². The van der Waals surface area contributed by atoms with Crippen LogP contribution >= 0.6 is 11.8 Å². The predicted octanol–water partition coefficient (Wildman–Crippen LogP) is 4.69. The molecule has 4 rings (SSSR count). The molecule has 1 N–H and O–H groups in total. The van der Waals surface area contributed by atoms with Crippen molar-refractivity contribution in [2.45, 2.75) is 11.8 Å². The van der Waals surface area contributed by atoms with E-state index in [9.17, 15) is 4.79 Å². The zero-order valence-electron chi connectivity index (χ0n) is 17.2. The summed E-state index contributed by atoms with van der Waals surface area (Å²) in [6, 6.07) is 14.8. The molecule has 160 valence electrons. The van der Waals surface area contributed by atoms with Gasteiger partial charge in [-0.2, -0.15) is 0 Å². The fourth-order valence-electron chi connectivity index (χ4n) is 2.95. The van der Waals surface area contributed by atoms with Crippen molar-refractivity contribution in [1.82, 2.24) is 4.98 Å². The first-order valence-electron chi connectivity index (χ1n) is 9.71. The number of aryl methyl sites for hydroxylation is 1. The van der Waals surface area contributed by atoms with Crippen LogP contribution in [-0.2, 0) is 4.79 Å². The normalized spacial score (nSPS) is 12.2. The quantitative estimate of drug-likeness (QED) is 0.536. The molecule has 0 atom stereocenters. The Morgan fingerprint density at radius 2 is 1.90 bits per heavy atom. The fourth-order valence-corrected chi connectivity index (χ4v) is 3.67. The van der Waals surface area contributed by atoms with Crippen LogP contribution < -0.4 is 24.3 Å². The van der Waals surface area contributed by atoms with Gasteiger partial charge >= 0.3 is 0 Å². The lowest BCUT2D eigenvalue weighted by Crippen LogP contribution is -2.15. The molecule has 0 bridgehead atoms. The minimum atomic E-state index is -0.129. The van der Waals surface area contributed by atoms with Gasteiger partial charge in [-0.1, -0.05) is 6.07 Å². The number of aromatic nitrogens is 1. The first-order chi connectivity index (χ1) is 15.1. The SMILES string of the molecule is COc1cc(C)ccc1Oc1ccc(NC(=O)CSc2ccc3c(c2)OCCO3)cn1. The van der Waals surface area contributed by atoms with Gasteiger partial charge in [-0.15, -0.1) is 11.8 Å². The molecule has 2 heterocycles. The lowest BCUT2D eigenvalue weighted by molar-refractivity contribution is -0.113. The van der Waals surface area contributed by atoms with Gasteiger partial charge < -0.3 is 24.3 Å². The minimum absolute atomic E-state index is 0.129. The van der Waals surface area contributed by atoms with Crippen molar-refractivity contribution in [3.8, 4) is 28.9 Å². The molecule has 0 saturated carbocycles. The van der Waals surface area contributed by atoms with Gasteiger partial charge in [0.2, 0.25) is 11.8 Å². The van der Waals surface area contributed by atoms with Crippen LogP contribution in [0.25, 0.3) is 0 Å². The average Bonchev–Trinajstić information content (AvgIpc) is 2.80. The number of thioether (sulfide) groups is 1. The molecule has 3 aromatic rings. The zero-order valence-corrected chi connectivity index (χ0v) is 18.0. The summed E-state index contributed by atoms with van der Waals surface area (Å²) in [7, 11) is 1.59. The van der Waals surface area contributed by atoms with Crippen molar-refractivity contribution in [1.29, 1.82) is 0 Å². The van der Waals surface area contributed by atoms with E-state index in [0.717, 1.165) is 16.2 Å². The number of anilines is 1. The first kappa shape index (κ1) is 20.9. The maximum atomic E-state index is 12.3. The molecule has 1 aliphatic heterocycles. The molecule has 8 heteroatoms. The van der Waals surface area contributed by atoms with Gasteiger partial charge in [0.25, 0.3) is 0 Å². The largest absolute Gasteiger partial charge is 0.493 e. The molecule has 0 spiro atoms. The summed E-state index contributed by atoms with van der Waals surface area (Å²) in [5.41, 5.74) is 1.67. The summed E-state index contributed by atoms with van der Waals surface area (Å²) in [6.07, 6.45) is 1.56. The Hall–Kier alpha value is -3.39. The Kier molecular flexibility index (Phi) is 6.47. The van der Waals surface area contributed by atoms with E-state index in [1.54, 1.807) is 25.4 Å². The Morgan fingerprint density at radius 1 is 1.06 bits per heavy atom. The van der Waals surface area contributed by atoms with Gasteiger partial charge in [-0.3, -0.25) is 4.79 Å². The van der Waals surface area contributed by atoms with Crippen LogP contribution in [0.2, 0.25) is 0 Å². The maximum absolute atomic E-state index is 12.3. The van der Waals surface area contributed by atoms with E-state index in [-0.39, 0.29) is 11.7 Å². The summed E-state index contributed by atoms with van der Waals surface area (Å²) in [4.78, 5) is 17.5. The number of carbonyl (C=O) groups is 1. The van der Waals surface area contributed by atoms with Gasteiger partial charge in [0.05, 0.1) is 24.7 Å². The molecule has 1 aliphatic rings. The molecule has 0 unspecified atom stereocenters. The number of pyridine rings is 1. The summed E-state index contributed by atoms with van der Waals surface area (Å²) in [6.45, 7) is 3.07. The number of fused-ring (bicyclic) bond motifs is 1. The summed E-state index contributed by atoms with van der Waals surface area (Å²) < 4.78 is 22.2. The Labute approximate surface area is 184 Å². The Morgan fingerprint density at radius 3 is 2.68 bits per heavy atom. The van der Waals surface area contributed by atoms with Gasteiger partial charge in [0, 0.05) is 11.0 Å². The molecule has 31 heavy (non-hydrogen) atoms. The second-order valence-electron chi connectivity index (χ2n) is 6.78. The third-order valence-electron chi connectivity index (χ3n) is 4.44. The third kappa shape index (κ3) is 5.40. The van der Waals surface area contributed by atoms with Gasteiger partial charge in [-0.25, -0.2) is 4.98 Å². The number of amides is 1. The number of benzene rings is 2. The third-order valence-corrected chi connectivity index (χ3v) is 5.43. The fraction of sp³-hybridized carbons (Fsp3) is 0.217. The molecule has 7 nitrogen and oxygen atoms in total. The molecule has 0 radical (unpaired) electrons. The predicted molar refractivity (Wildman–Crippen MR) is 119 cm³/mol. The maximum Gasteiger partial charge on any atom is 0.234 e. The Bertz CT molecular complexity index is 1070.